The molecule has 0 unspecified atom stereocenters. The highest BCUT2D eigenvalue weighted by Gasteiger charge is 2.21. The van der Waals surface area contributed by atoms with Gasteiger partial charge in [-0.05, 0) is 36.4 Å². The molecule has 0 radical (unpaired) electrons. The second kappa shape index (κ2) is 9.66. The van der Waals surface area contributed by atoms with Crippen LogP contribution in [-0.4, -0.2) is 54.4 Å². The fourth-order valence-corrected chi connectivity index (χ4v) is 3.61. The number of anilines is 1. The number of carbonyl (C=O) groups is 2. The first-order valence-corrected chi connectivity index (χ1v) is 10.5. The number of piperazine rings is 1. The second-order valence-corrected chi connectivity index (χ2v) is 7.74. The molecule has 31 heavy (non-hydrogen) atoms. The molecule has 1 aromatic heterocycles. The summed E-state index contributed by atoms with van der Waals surface area (Å²) in [6, 6.07) is 17.2. The van der Waals surface area contributed by atoms with E-state index in [0.29, 0.717) is 29.7 Å². The molecule has 0 atom stereocenters. The molecule has 4 rings (SSSR count). The van der Waals surface area contributed by atoms with E-state index in [1.54, 1.807) is 4.90 Å². The van der Waals surface area contributed by atoms with Gasteiger partial charge in [0, 0.05) is 42.5 Å². The summed E-state index contributed by atoms with van der Waals surface area (Å²) in [7, 11) is 0. The molecule has 2 amide bonds. The predicted molar refractivity (Wildman–Crippen MR) is 119 cm³/mol. The fraction of sp³-hybridized carbons (Fsp3) is 0.261. The number of oxazole rings is 1. The van der Waals surface area contributed by atoms with E-state index in [2.05, 4.69) is 15.2 Å². The van der Waals surface area contributed by atoms with Gasteiger partial charge in [0.1, 0.15) is 6.26 Å². The van der Waals surface area contributed by atoms with Gasteiger partial charge in [0.25, 0.3) is 0 Å². The van der Waals surface area contributed by atoms with Gasteiger partial charge in [0.15, 0.2) is 0 Å². The van der Waals surface area contributed by atoms with E-state index in [-0.39, 0.29) is 24.8 Å². The molecule has 2 heterocycles. The molecular weight excluding hydrogens is 416 g/mol. The van der Waals surface area contributed by atoms with Gasteiger partial charge in [-0.15, -0.1) is 0 Å². The molecule has 1 saturated heterocycles. The molecular formula is C23H23ClN4O3. The summed E-state index contributed by atoms with van der Waals surface area (Å²) in [5, 5.41) is 3.39. The van der Waals surface area contributed by atoms with E-state index >= 15 is 0 Å². The predicted octanol–water partition coefficient (Wildman–Crippen LogP) is 3.00. The highest BCUT2D eigenvalue weighted by Crippen LogP contribution is 2.20. The van der Waals surface area contributed by atoms with Crippen LogP contribution in [0, 0.1) is 0 Å². The van der Waals surface area contributed by atoms with Crippen molar-refractivity contribution in [1.29, 1.82) is 0 Å². The molecule has 7 nitrogen and oxygen atoms in total. The number of rotatable bonds is 6. The summed E-state index contributed by atoms with van der Waals surface area (Å²) in [6.45, 7) is 2.68. The van der Waals surface area contributed by atoms with Crippen molar-refractivity contribution in [2.24, 2.45) is 0 Å². The molecule has 8 heteroatoms. The SMILES string of the molecule is O=C(Cc1coc(-c2ccccc2)n1)NCC(=O)N1CCN(c2ccc(Cl)cc2)CC1. The van der Waals surface area contributed by atoms with Crippen LogP contribution >= 0.6 is 11.6 Å². The van der Waals surface area contributed by atoms with E-state index in [1.165, 1.54) is 6.26 Å². The van der Waals surface area contributed by atoms with Crippen LogP contribution < -0.4 is 10.2 Å². The standard InChI is InChI=1S/C23H23ClN4O3/c24-18-6-8-20(9-7-18)27-10-12-28(13-11-27)22(30)15-25-21(29)14-19-16-31-23(26-19)17-4-2-1-3-5-17/h1-9,16H,10-15H2,(H,25,29). The summed E-state index contributed by atoms with van der Waals surface area (Å²) >= 11 is 5.94. The molecule has 1 aliphatic heterocycles. The lowest BCUT2D eigenvalue weighted by molar-refractivity contribution is -0.133. The zero-order valence-corrected chi connectivity index (χ0v) is 17.7. The molecule has 0 bridgehead atoms. The topological polar surface area (TPSA) is 78.7 Å². The molecule has 1 N–H and O–H groups in total. The van der Waals surface area contributed by atoms with Crippen LogP contribution in [0.2, 0.25) is 5.02 Å². The van der Waals surface area contributed by atoms with Gasteiger partial charge in [-0.25, -0.2) is 4.98 Å². The number of nitrogens with one attached hydrogen (secondary N) is 1. The fourth-order valence-electron chi connectivity index (χ4n) is 3.48. The van der Waals surface area contributed by atoms with Crippen molar-refractivity contribution < 1.29 is 14.0 Å². The normalized spacial score (nSPS) is 13.8. The maximum absolute atomic E-state index is 12.5. The van der Waals surface area contributed by atoms with E-state index in [4.69, 9.17) is 16.0 Å². The minimum absolute atomic E-state index is 0.0246. The number of benzene rings is 2. The summed E-state index contributed by atoms with van der Waals surface area (Å²) < 4.78 is 5.45. The zero-order chi connectivity index (χ0) is 21.6. The number of hydrogen-bond donors (Lipinski definition) is 1. The van der Waals surface area contributed by atoms with Crippen molar-refractivity contribution in [3.63, 3.8) is 0 Å². The third-order valence-electron chi connectivity index (χ3n) is 5.18. The highest BCUT2D eigenvalue weighted by molar-refractivity contribution is 6.30. The van der Waals surface area contributed by atoms with E-state index < -0.39 is 0 Å². The molecule has 1 aliphatic rings. The Labute approximate surface area is 185 Å². The van der Waals surface area contributed by atoms with Crippen molar-refractivity contribution in [2.75, 3.05) is 37.6 Å². The number of carbonyl (C=O) groups excluding carboxylic acids is 2. The average molecular weight is 439 g/mol. The first kappa shape index (κ1) is 20.9. The van der Waals surface area contributed by atoms with Crippen molar-refractivity contribution in [2.45, 2.75) is 6.42 Å². The van der Waals surface area contributed by atoms with Crippen molar-refractivity contribution >= 4 is 29.1 Å². The second-order valence-electron chi connectivity index (χ2n) is 7.31. The molecule has 0 saturated carbocycles. The molecule has 3 aromatic rings. The Morgan fingerprint density at radius 2 is 1.71 bits per heavy atom. The lowest BCUT2D eigenvalue weighted by Gasteiger charge is -2.36. The minimum atomic E-state index is -0.263. The van der Waals surface area contributed by atoms with Gasteiger partial charge in [-0.2, -0.15) is 0 Å². The largest absolute Gasteiger partial charge is 0.444 e. The van der Waals surface area contributed by atoms with Gasteiger partial charge in [0.05, 0.1) is 18.7 Å². The Morgan fingerprint density at radius 3 is 2.42 bits per heavy atom. The molecule has 0 aliphatic carbocycles. The summed E-state index contributed by atoms with van der Waals surface area (Å²) in [4.78, 5) is 33.0. The summed E-state index contributed by atoms with van der Waals surface area (Å²) in [5.74, 6) is 0.119. The average Bonchev–Trinajstić information content (AvgIpc) is 3.27. The Bertz CT molecular complexity index is 1030. The number of nitrogens with zero attached hydrogens (tertiary/aromatic N) is 3. The summed E-state index contributed by atoms with van der Waals surface area (Å²) in [5.41, 5.74) is 2.47. The van der Waals surface area contributed by atoms with Crippen molar-refractivity contribution in [3.8, 4) is 11.5 Å². The van der Waals surface area contributed by atoms with Crippen molar-refractivity contribution in [3.05, 3.63) is 71.6 Å². The van der Waals surface area contributed by atoms with Gasteiger partial charge in [-0.3, -0.25) is 9.59 Å². The maximum atomic E-state index is 12.5. The smallest absolute Gasteiger partial charge is 0.242 e. The third kappa shape index (κ3) is 5.44. The molecule has 0 spiro atoms. The first-order chi connectivity index (χ1) is 15.1. The van der Waals surface area contributed by atoms with Gasteiger partial charge in [0.2, 0.25) is 17.7 Å². The number of halogens is 1. The highest BCUT2D eigenvalue weighted by atomic mass is 35.5. The Morgan fingerprint density at radius 1 is 1.00 bits per heavy atom. The van der Waals surface area contributed by atoms with Crippen LogP contribution in [0.15, 0.2) is 65.3 Å². The Kier molecular flexibility index (Phi) is 6.52. The maximum Gasteiger partial charge on any atom is 0.242 e. The van der Waals surface area contributed by atoms with E-state index in [9.17, 15) is 9.59 Å². The Balaban J connectivity index is 1.21. The van der Waals surface area contributed by atoms with Gasteiger partial charge in [-0.1, -0.05) is 29.8 Å². The lowest BCUT2D eigenvalue weighted by atomic mass is 10.2. The van der Waals surface area contributed by atoms with Crippen LogP contribution in [0.3, 0.4) is 0 Å². The van der Waals surface area contributed by atoms with E-state index in [1.807, 2.05) is 54.6 Å². The molecule has 160 valence electrons. The lowest BCUT2D eigenvalue weighted by Crippen LogP contribution is -2.51. The van der Waals surface area contributed by atoms with E-state index in [0.717, 1.165) is 24.3 Å². The third-order valence-corrected chi connectivity index (χ3v) is 5.43. The zero-order valence-electron chi connectivity index (χ0n) is 17.0. The van der Waals surface area contributed by atoms with Gasteiger partial charge >= 0.3 is 0 Å². The number of amides is 2. The summed E-state index contributed by atoms with van der Waals surface area (Å²) in [6.07, 6.45) is 1.54. The van der Waals surface area contributed by atoms with Crippen LogP contribution in [0.1, 0.15) is 5.69 Å². The monoisotopic (exact) mass is 438 g/mol. The Hall–Kier alpha value is -3.32. The first-order valence-electron chi connectivity index (χ1n) is 10.1. The van der Waals surface area contributed by atoms with Crippen LogP contribution in [0.4, 0.5) is 5.69 Å². The minimum Gasteiger partial charge on any atom is -0.444 e. The quantitative estimate of drug-likeness (QED) is 0.640. The molecule has 1 fully saturated rings. The van der Waals surface area contributed by atoms with Crippen molar-refractivity contribution in [1.82, 2.24) is 15.2 Å². The van der Waals surface area contributed by atoms with Crippen LogP contribution in [-0.2, 0) is 16.0 Å². The van der Waals surface area contributed by atoms with Gasteiger partial charge < -0.3 is 19.5 Å². The number of hydrogen-bond acceptors (Lipinski definition) is 5. The molecule has 2 aromatic carbocycles. The number of aromatic nitrogens is 1. The van der Waals surface area contributed by atoms with Crippen LogP contribution in [0.5, 0.6) is 0 Å². The van der Waals surface area contributed by atoms with Crippen LogP contribution in [0.25, 0.3) is 11.5 Å².